The van der Waals surface area contributed by atoms with Crippen LogP contribution in [0.1, 0.15) is 85.1 Å². The van der Waals surface area contributed by atoms with Gasteiger partial charge in [0.25, 0.3) is 0 Å². The van der Waals surface area contributed by atoms with E-state index in [0.29, 0.717) is 68.4 Å². The number of Topliss-reactive ketones (excluding diaryl/α,β-unsaturated/α-hetero) is 1. The molecule has 3 atom stereocenters. The van der Waals surface area contributed by atoms with Crippen LogP contribution in [0.25, 0.3) is 27.6 Å². The van der Waals surface area contributed by atoms with Crippen LogP contribution in [0.2, 0.25) is 0 Å². The number of allylic oxidation sites excluding steroid dienone is 1. The summed E-state index contributed by atoms with van der Waals surface area (Å²) in [4.78, 5) is 65.0. The van der Waals surface area contributed by atoms with Gasteiger partial charge in [-0.15, -0.1) is 0 Å². The number of anilines is 1. The van der Waals surface area contributed by atoms with Crippen molar-refractivity contribution in [2.24, 2.45) is 25.9 Å². The first-order chi connectivity index (χ1) is 33.7. The number of piperazine rings is 1. The SMILES string of the molecule is CNC1=CC(O)N(c2ccnc3c2cc(CN2CC=C(c4c(F)cc(C(=O)C5CCC(CN6CCN(Cc7ccc8c(c7)n(C)c(=O)n8C7CCC(=O)NC7=O)CC6C)CC5)cc4F)CC2)n3C)C=C1. The number of imide groups is 1. The third-order valence-electron chi connectivity index (χ3n) is 15.6. The smallest absolute Gasteiger partial charge is 0.329 e. The fourth-order valence-electron chi connectivity index (χ4n) is 11.6. The van der Waals surface area contributed by atoms with Gasteiger partial charge in [0.1, 0.15) is 23.3 Å². The van der Waals surface area contributed by atoms with Crippen molar-refractivity contribution in [1.82, 2.24) is 44.0 Å². The highest BCUT2D eigenvalue weighted by Gasteiger charge is 2.34. The number of piperidine rings is 1. The highest BCUT2D eigenvalue weighted by atomic mass is 19.1. The van der Waals surface area contributed by atoms with Gasteiger partial charge in [0.2, 0.25) is 11.8 Å². The summed E-state index contributed by atoms with van der Waals surface area (Å²) >= 11 is 0. The van der Waals surface area contributed by atoms with E-state index >= 15 is 8.78 Å². The van der Waals surface area contributed by atoms with E-state index in [1.807, 2.05) is 61.3 Å². The van der Waals surface area contributed by atoms with Gasteiger partial charge in [0.15, 0.2) is 12.0 Å². The molecule has 3 aromatic heterocycles. The van der Waals surface area contributed by atoms with Crippen LogP contribution in [-0.2, 0) is 36.8 Å². The number of halogens is 2. The molecule has 0 radical (unpaired) electrons. The summed E-state index contributed by atoms with van der Waals surface area (Å²) < 4.78 is 36.8. The van der Waals surface area contributed by atoms with E-state index in [0.717, 1.165) is 84.8 Å². The number of ketones is 1. The van der Waals surface area contributed by atoms with Crippen molar-refractivity contribution in [3.63, 3.8) is 0 Å². The molecule has 3 N–H and O–H groups in total. The van der Waals surface area contributed by atoms with E-state index in [9.17, 15) is 24.3 Å². The standard InChI is InChI=1S/C53H62F2N10O5/c1-32-28-62(29-34-7-10-44-46(23-34)60(4)53(70)65(44)45-11-12-47(66)58-52(45)69)21-22-63(32)30-33-5-8-36(9-6-33)50(68)37-24-41(54)49(42(55)25-37)35-14-18-61(19-15-35)31-39-27-40-43(13-17-57-51(40)59(39)3)64-20-16-38(56-2)26-48(64)67/h7,10,13-14,16-17,20,23-27,32-33,36,45,48,56,67H,5-6,8-9,11-12,15,18-19,21-22,28-31H2,1-4H3,(H,58,66,69). The molecule has 3 fully saturated rings. The number of benzene rings is 2. The molecule has 70 heavy (non-hydrogen) atoms. The summed E-state index contributed by atoms with van der Waals surface area (Å²) in [5.41, 5.74) is 6.39. The Hall–Kier alpha value is -6.27. The molecule has 3 unspecified atom stereocenters. The first-order valence-electron chi connectivity index (χ1n) is 24.7. The van der Waals surface area contributed by atoms with Crippen molar-refractivity contribution in [3.05, 3.63) is 123 Å². The van der Waals surface area contributed by atoms with E-state index in [4.69, 9.17) is 0 Å². The monoisotopic (exact) mass is 956 g/mol. The van der Waals surface area contributed by atoms with Crippen LogP contribution in [0.4, 0.5) is 14.5 Å². The molecule has 5 aromatic rings. The van der Waals surface area contributed by atoms with Crippen molar-refractivity contribution < 1.29 is 28.3 Å². The molecule has 368 valence electrons. The summed E-state index contributed by atoms with van der Waals surface area (Å²) in [7, 11) is 5.50. The molecule has 1 saturated carbocycles. The minimum atomic E-state index is -0.835. The summed E-state index contributed by atoms with van der Waals surface area (Å²) in [6.45, 7) is 8.32. The molecule has 1 aliphatic carbocycles. The van der Waals surface area contributed by atoms with E-state index in [1.165, 1.54) is 16.7 Å². The number of carbonyl (C=O) groups excluding carboxylic acids is 3. The third kappa shape index (κ3) is 9.15. The molecule has 17 heteroatoms. The number of aryl methyl sites for hydroxylation is 2. The second-order valence-electron chi connectivity index (χ2n) is 20.0. The Kier molecular flexibility index (Phi) is 13.2. The Morgan fingerprint density at radius 3 is 2.39 bits per heavy atom. The fraction of sp³-hybridized carbons (Fsp3) is 0.453. The van der Waals surface area contributed by atoms with Crippen LogP contribution < -0.4 is 21.2 Å². The summed E-state index contributed by atoms with van der Waals surface area (Å²) in [6.07, 6.45) is 12.4. The molecule has 15 nitrogen and oxygen atoms in total. The lowest BCUT2D eigenvalue weighted by Gasteiger charge is -2.42. The number of imidazole rings is 1. The maximum absolute atomic E-state index is 15.9. The van der Waals surface area contributed by atoms with Gasteiger partial charge in [-0.1, -0.05) is 12.1 Å². The van der Waals surface area contributed by atoms with Gasteiger partial charge in [-0.3, -0.25) is 43.5 Å². The predicted molar refractivity (Wildman–Crippen MR) is 264 cm³/mol. The predicted octanol–water partition coefficient (Wildman–Crippen LogP) is 5.72. The van der Waals surface area contributed by atoms with Gasteiger partial charge in [-0.25, -0.2) is 18.6 Å². The molecular formula is C53H62F2N10O5. The second kappa shape index (κ2) is 19.5. The van der Waals surface area contributed by atoms with Crippen molar-refractivity contribution in [2.75, 3.05) is 51.2 Å². The molecule has 5 aliphatic rings. The summed E-state index contributed by atoms with van der Waals surface area (Å²) in [5, 5.41) is 17.2. The van der Waals surface area contributed by atoms with Crippen LogP contribution in [0.15, 0.2) is 83.6 Å². The number of pyridine rings is 1. The average molecular weight is 957 g/mol. The number of carbonyl (C=O) groups is 3. The molecule has 10 rings (SSSR count). The first kappa shape index (κ1) is 47.4. The van der Waals surface area contributed by atoms with E-state index in [2.05, 4.69) is 43.3 Å². The molecule has 0 spiro atoms. The number of hydrogen-bond acceptors (Lipinski definition) is 11. The zero-order valence-electron chi connectivity index (χ0n) is 40.3. The van der Waals surface area contributed by atoms with Gasteiger partial charge in [0, 0.05) is 132 Å². The molecular weight excluding hydrogens is 895 g/mol. The number of aromatic nitrogens is 4. The number of nitrogens with zero attached hydrogens (tertiary/aromatic N) is 8. The highest BCUT2D eigenvalue weighted by molar-refractivity contribution is 6.00. The Balaban J connectivity index is 0.706. The normalized spacial score (nSPS) is 24.0. The van der Waals surface area contributed by atoms with Gasteiger partial charge in [-0.2, -0.15) is 0 Å². The fourth-order valence-corrected chi connectivity index (χ4v) is 11.6. The van der Waals surface area contributed by atoms with Gasteiger partial charge >= 0.3 is 5.69 Å². The van der Waals surface area contributed by atoms with Gasteiger partial charge in [-0.05, 0) is 111 Å². The number of amides is 2. The lowest BCUT2D eigenvalue weighted by molar-refractivity contribution is -0.135. The minimum absolute atomic E-state index is 0.0501. The molecule has 2 saturated heterocycles. The lowest BCUT2D eigenvalue weighted by atomic mass is 9.78. The van der Waals surface area contributed by atoms with Crippen LogP contribution in [0, 0.1) is 23.5 Å². The third-order valence-corrected chi connectivity index (χ3v) is 15.6. The Morgan fingerprint density at radius 1 is 0.900 bits per heavy atom. The van der Waals surface area contributed by atoms with Crippen LogP contribution >= 0.6 is 0 Å². The van der Waals surface area contributed by atoms with E-state index in [1.54, 1.807) is 28.8 Å². The van der Waals surface area contributed by atoms with E-state index < -0.39 is 29.8 Å². The Labute approximate surface area is 405 Å². The zero-order valence-corrected chi connectivity index (χ0v) is 40.3. The van der Waals surface area contributed by atoms with Gasteiger partial charge in [0.05, 0.1) is 16.7 Å². The van der Waals surface area contributed by atoms with Crippen molar-refractivity contribution >= 4 is 50.9 Å². The maximum Gasteiger partial charge on any atom is 0.329 e. The van der Waals surface area contributed by atoms with Gasteiger partial charge < -0.3 is 19.9 Å². The van der Waals surface area contributed by atoms with Crippen LogP contribution in [0.3, 0.4) is 0 Å². The summed E-state index contributed by atoms with van der Waals surface area (Å²) in [5.74, 6) is -2.16. The Bertz CT molecular complexity index is 3010. The number of aliphatic hydroxyl groups is 1. The van der Waals surface area contributed by atoms with Crippen molar-refractivity contribution in [2.45, 2.75) is 83.3 Å². The topological polar surface area (TPSA) is 153 Å². The van der Waals surface area contributed by atoms with Crippen LogP contribution in [0.5, 0.6) is 0 Å². The molecule has 2 amide bonds. The number of aliphatic hydroxyl groups excluding tert-OH is 1. The van der Waals surface area contributed by atoms with Crippen molar-refractivity contribution in [1.29, 1.82) is 0 Å². The highest BCUT2D eigenvalue weighted by Crippen LogP contribution is 2.36. The Morgan fingerprint density at radius 2 is 1.69 bits per heavy atom. The van der Waals surface area contributed by atoms with Crippen molar-refractivity contribution in [3.8, 4) is 0 Å². The van der Waals surface area contributed by atoms with E-state index in [-0.39, 0.29) is 40.8 Å². The first-order valence-corrected chi connectivity index (χ1v) is 24.7. The lowest BCUT2D eigenvalue weighted by Crippen LogP contribution is -2.52. The molecule has 2 aromatic carbocycles. The quantitative estimate of drug-likeness (QED) is 0.104. The van der Waals surface area contributed by atoms with Crippen LogP contribution in [-0.4, -0.2) is 115 Å². The second-order valence-corrected chi connectivity index (χ2v) is 20.0. The number of likely N-dealkylation sites (N-methyl/N-ethyl adjacent to an activating group) is 1. The summed E-state index contributed by atoms with van der Waals surface area (Å²) in [6, 6.07) is 12.0. The number of rotatable bonds is 12. The number of nitrogens with one attached hydrogen (secondary N) is 2. The molecule has 4 aliphatic heterocycles. The number of fused-ring (bicyclic) bond motifs is 2. The zero-order chi connectivity index (χ0) is 49.0. The minimum Gasteiger partial charge on any atom is -0.388 e. The molecule has 7 heterocycles. The maximum atomic E-state index is 15.9. The largest absolute Gasteiger partial charge is 0.388 e. The average Bonchev–Trinajstić information content (AvgIpc) is 3.80. The number of hydrogen-bond donors (Lipinski definition) is 3. The molecule has 0 bridgehead atoms.